The summed E-state index contributed by atoms with van der Waals surface area (Å²) in [5.74, 6) is 0. The molecular weight excluding hydrogens is 228 g/mol. The van der Waals surface area contributed by atoms with Crippen LogP contribution in [0.25, 0.3) is 0 Å². The van der Waals surface area contributed by atoms with Gasteiger partial charge < -0.3 is 4.79 Å². The highest BCUT2D eigenvalue weighted by Crippen LogP contribution is 2.24. The predicted molar refractivity (Wildman–Crippen MR) is 57.7 cm³/mol. The molecule has 0 atom stereocenters. The van der Waals surface area contributed by atoms with Crippen molar-refractivity contribution >= 4 is 22.2 Å². The monoisotopic (exact) mass is 240 g/mol. The summed E-state index contributed by atoms with van der Waals surface area (Å²) in [5.41, 5.74) is 0.906. The van der Waals surface area contributed by atoms with Crippen molar-refractivity contribution in [1.29, 1.82) is 0 Å². The van der Waals surface area contributed by atoms with Gasteiger partial charge in [0.2, 0.25) is 0 Å². The summed E-state index contributed by atoms with van der Waals surface area (Å²) in [6.07, 6.45) is 1.78. The van der Waals surface area contributed by atoms with E-state index >= 15 is 0 Å². The minimum Gasteiger partial charge on any atom is -0.303 e. The van der Waals surface area contributed by atoms with Crippen LogP contribution in [-0.2, 0) is 11.2 Å². The number of carbonyl (C=O) groups excluding carboxylic acids is 1. The lowest BCUT2D eigenvalue weighted by Gasteiger charge is -2.17. The van der Waals surface area contributed by atoms with Crippen LogP contribution in [0.3, 0.4) is 0 Å². The van der Waals surface area contributed by atoms with Crippen LogP contribution >= 0.6 is 15.9 Å². The lowest BCUT2D eigenvalue weighted by Crippen LogP contribution is -2.16. The first kappa shape index (κ1) is 10.5. The topological polar surface area (TPSA) is 17.1 Å². The Bertz CT molecular complexity index is 305. The van der Waals surface area contributed by atoms with Crippen molar-refractivity contribution in [1.82, 2.24) is 0 Å². The predicted octanol–water partition coefficient (Wildman–Crippen LogP) is 3.22. The summed E-state index contributed by atoms with van der Waals surface area (Å²) < 4.78 is 1.07. The first-order valence-corrected chi connectivity index (χ1v) is 5.04. The van der Waals surface area contributed by atoms with Gasteiger partial charge >= 0.3 is 0 Å². The fourth-order valence-electron chi connectivity index (χ4n) is 1.17. The number of halogens is 1. The smallest absolute Gasteiger partial charge is 0.125 e. The zero-order valence-corrected chi connectivity index (χ0v) is 9.47. The number of carbonyl (C=O) groups is 1. The molecule has 70 valence electrons. The molecule has 0 saturated heterocycles. The van der Waals surface area contributed by atoms with Crippen molar-refractivity contribution in [3.05, 3.63) is 34.3 Å². The van der Waals surface area contributed by atoms with E-state index in [9.17, 15) is 4.79 Å². The summed E-state index contributed by atoms with van der Waals surface area (Å²) in [5, 5.41) is 0. The van der Waals surface area contributed by atoms with Crippen LogP contribution in [0.1, 0.15) is 19.4 Å². The van der Waals surface area contributed by atoms with E-state index in [0.717, 1.165) is 17.2 Å². The van der Waals surface area contributed by atoms with Gasteiger partial charge in [-0.1, -0.05) is 48.0 Å². The van der Waals surface area contributed by atoms with Gasteiger partial charge in [-0.25, -0.2) is 0 Å². The second-order valence-corrected chi connectivity index (χ2v) is 4.73. The molecule has 0 spiro atoms. The van der Waals surface area contributed by atoms with Crippen molar-refractivity contribution in [2.45, 2.75) is 20.3 Å². The van der Waals surface area contributed by atoms with Crippen molar-refractivity contribution < 1.29 is 4.79 Å². The Balaban J connectivity index is 2.86. The molecule has 0 bridgehead atoms. The maximum atomic E-state index is 10.7. The van der Waals surface area contributed by atoms with E-state index in [1.165, 1.54) is 5.56 Å². The van der Waals surface area contributed by atoms with Crippen LogP contribution in [-0.4, -0.2) is 6.29 Å². The van der Waals surface area contributed by atoms with Gasteiger partial charge in [-0.2, -0.15) is 0 Å². The lowest BCUT2D eigenvalue weighted by molar-refractivity contribution is -0.114. The quantitative estimate of drug-likeness (QED) is 0.742. The molecule has 1 rings (SSSR count). The highest BCUT2D eigenvalue weighted by Gasteiger charge is 2.17. The van der Waals surface area contributed by atoms with E-state index in [1.807, 2.05) is 38.1 Å². The molecule has 1 nitrogen and oxygen atoms in total. The fourth-order valence-corrected chi connectivity index (χ4v) is 1.60. The van der Waals surface area contributed by atoms with Crippen LogP contribution in [0, 0.1) is 5.41 Å². The molecule has 1 aromatic carbocycles. The molecule has 0 aliphatic carbocycles. The highest BCUT2D eigenvalue weighted by molar-refractivity contribution is 9.10. The minimum absolute atomic E-state index is 0.274. The fraction of sp³-hybridized carbons (Fsp3) is 0.364. The van der Waals surface area contributed by atoms with Gasteiger partial charge in [0.15, 0.2) is 0 Å². The molecule has 0 N–H and O–H groups in total. The van der Waals surface area contributed by atoms with Crippen LogP contribution in [0.2, 0.25) is 0 Å². The van der Waals surface area contributed by atoms with Gasteiger partial charge in [-0.15, -0.1) is 0 Å². The van der Waals surface area contributed by atoms with Gasteiger partial charge in [0.1, 0.15) is 6.29 Å². The van der Waals surface area contributed by atoms with E-state index in [2.05, 4.69) is 15.9 Å². The number of benzene rings is 1. The van der Waals surface area contributed by atoms with E-state index in [4.69, 9.17) is 0 Å². The number of hydrogen-bond acceptors (Lipinski definition) is 1. The normalized spacial score (nSPS) is 11.3. The first-order chi connectivity index (χ1) is 6.05. The number of rotatable bonds is 3. The van der Waals surface area contributed by atoms with Crippen LogP contribution in [0.15, 0.2) is 28.7 Å². The maximum absolute atomic E-state index is 10.7. The molecule has 13 heavy (non-hydrogen) atoms. The second kappa shape index (κ2) is 4.05. The Morgan fingerprint density at radius 2 is 2.00 bits per heavy atom. The van der Waals surface area contributed by atoms with E-state index < -0.39 is 0 Å². The summed E-state index contributed by atoms with van der Waals surface area (Å²) in [6.45, 7) is 3.89. The average molecular weight is 241 g/mol. The van der Waals surface area contributed by atoms with Gasteiger partial charge in [0.25, 0.3) is 0 Å². The van der Waals surface area contributed by atoms with Gasteiger partial charge in [0, 0.05) is 9.89 Å². The molecule has 1 aromatic rings. The molecule has 0 fully saturated rings. The zero-order valence-electron chi connectivity index (χ0n) is 7.88. The van der Waals surface area contributed by atoms with Crippen LogP contribution in [0.5, 0.6) is 0 Å². The molecule has 0 aliphatic heterocycles. The number of hydrogen-bond donors (Lipinski definition) is 0. The summed E-state index contributed by atoms with van der Waals surface area (Å²) in [4.78, 5) is 10.7. The second-order valence-electron chi connectivity index (χ2n) is 3.87. The van der Waals surface area contributed by atoms with Crippen molar-refractivity contribution in [3.63, 3.8) is 0 Å². The van der Waals surface area contributed by atoms with E-state index in [1.54, 1.807) is 0 Å². The minimum atomic E-state index is -0.274. The summed E-state index contributed by atoms with van der Waals surface area (Å²) >= 11 is 3.46. The molecule has 0 radical (unpaired) electrons. The zero-order chi connectivity index (χ0) is 9.90. The largest absolute Gasteiger partial charge is 0.303 e. The average Bonchev–Trinajstić information content (AvgIpc) is 2.09. The first-order valence-electron chi connectivity index (χ1n) is 4.25. The molecule has 2 heteroatoms. The van der Waals surface area contributed by atoms with Crippen LogP contribution < -0.4 is 0 Å². The van der Waals surface area contributed by atoms with Crippen molar-refractivity contribution in [3.8, 4) is 0 Å². The molecule has 0 aromatic heterocycles. The molecule has 0 amide bonds. The summed E-state index contributed by atoms with van der Waals surface area (Å²) in [6, 6.07) is 7.99. The third kappa shape index (κ3) is 2.96. The summed E-state index contributed by atoms with van der Waals surface area (Å²) in [7, 11) is 0. The van der Waals surface area contributed by atoms with E-state index in [-0.39, 0.29) is 5.41 Å². The SMILES string of the molecule is CC(C)(C=O)Cc1ccccc1Br. The molecule has 0 aliphatic rings. The molecular formula is C11H13BrO. The number of aldehydes is 1. The van der Waals surface area contributed by atoms with Gasteiger partial charge in [-0.3, -0.25) is 0 Å². The standard InChI is InChI=1S/C11H13BrO/c1-11(2,8-13)7-9-5-3-4-6-10(9)12/h3-6,8H,7H2,1-2H3. The molecule has 0 heterocycles. The van der Waals surface area contributed by atoms with Gasteiger partial charge in [-0.05, 0) is 18.1 Å². The Kier molecular flexibility index (Phi) is 3.26. The van der Waals surface area contributed by atoms with E-state index in [0.29, 0.717) is 0 Å². The Hall–Kier alpha value is -0.630. The molecule has 0 saturated carbocycles. The van der Waals surface area contributed by atoms with Crippen molar-refractivity contribution in [2.24, 2.45) is 5.41 Å². The third-order valence-corrected chi connectivity index (χ3v) is 2.70. The van der Waals surface area contributed by atoms with Crippen molar-refractivity contribution in [2.75, 3.05) is 0 Å². The van der Waals surface area contributed by atoms with Crippen LogP contribution in [0.4, 0.5) is 0 Å². The van der Waals surface area contributed by atoms with Gasteiger partial charge in [0.05, 0.1) is 0 Å². The Labute approximate surface area is 87.3 Å². The Morgan fingerprint density at radius 1 is 1.38 bits per heavy atom. The lowest BCUT2D eigenvalue weighted by atomic mass is 9.87. The highest BCUT2D eigenvalue weighted by atomic mass is 79.9. The molecule has 0 unspecified atom stereocenters. The third-order valence-electron chi connectivity index (χ3n) is 1.92. The Morgan fingerprint density at radius 3 is 2.54 bits per heavy atom. The maximum Gasteiger partial charge on any atom is 0.125 e.